The molecule has 1 heterocycles. The van der Waals surface area contributed by atoms with Crippen molar-refractivity contribution in [1.82, 2.24) is 5.32 Å². The summed E-state index contributed by atoms with van der Waals surface area (Å²) in [7, 11) is 0. The number of rotatable bonds is 4. The van der Waals surface area contributed by atoms with Gasteiger partial charge in [0.25, 0.3) is 5.91 Å². The monoisotopic (exact) mass is 221 g/mol. The van der Waals surface area contributed by atoms with Crippen molar-refractivity contribution in [2.75, 3.05) is 26.4 Å². The quantitative estimate of drug-likeness (QED) is 0.705. The number of hydrogen-bond donors (Lipinski definition) is 1. The van der Waals surface area contributed by atoms with Crippen LogP contribution in [0.15, 0.2) is 0 Å². The Morgan fingerprint density at radius 2 is 2.43 bits per heavy atom. The summed E-state index contributed by atoms with van der Waals surface area (Å²) in [5.41, 5.74) is 0. The van der Waals surface area contributed by atoms with E-state index in [0.717, 1.165) is 6.42 Å². The molecule has 1 N–H and O–H groups in total. The second-order valence-corrected chi connectivity index (χ2v) is 4.04. The van der Waals surface area contributed by atoms with Crippen molar-refractivity contribution < 1.29 is 14.3 Å². The Bertz CT molecular complexity index is 181. The molecule has 0 aromatic heterocycles. The molecular weight excluding hydrogens is 206 g/mol. The maximum Gasteiger partial charge on any atom is 0.251 e. The van der Waals surface area contributed by atoms with Crippen LogP contribution in [0, 0.1) is 0 Å². The predicted octanol–water partition coefficient (Wildman–Crippen LogP) is 0.535. The number of amides is 1. The molecule has 5 heteroatoms. The van der Waals surface area contributed by atoms with E-state index in [1.807, 2.05) is 6.92 Å². The van der Waals surface area contributed by atoms with Crippen molar-refractivity contribution in [2.45, 2.75) is 24.8 Å². The topological polar surface area (TPSA) is 47.6 Å². The molecule has 1 aliphatic heterocycles. The summed E-state index contributed by atoms with van der Waals surface area (Å²) < 4.78 is 10.3. The van der Waals surface area contributed by atoms with Gasteiger partial charge in [-0.15, -0.1) is 11.6 Å². The van der Waals surface area contributed by atoms with Gasteiger partial charge < -0.3 is 14.8 Å². The SMILES string of the molecule is CC(Cl)CCNC(=O)C1COCCO1. The molecule has 1 saturated heterocycles. The van der Waals surface area contributed by atoms with Crippen molar-refractivity contribution in [2.24, 2.45) is 0 Å². The highest BCUT2D eigenvalue weighted by Crippen LogP contribution is 2.01. The number of carbonyl (C=O) groups excluding carboxylic acids is 1. The minimum atomic E-state index is -0.450. The van der Waals surface area contributed by atoms with Crippen molar-refractivity contribution in [3.8, 4) is 0 Å². The summed E-state index contributed by atoms with van der Waals surface area (Å²) in [6.07, 6.45) is 0.315. The van der Waals surface area contributed by atoms with Gasteiger partial charge in [-0.25, -0.2) is 0 Å². The van der Waals surface area contributed by atoms with Gasteiger partial charge in [0.15, 0.2) is 6.10 Å². The molecule has 82 valence electrons. The van der Waals surface area contributed by atoms with Gasteiger partial charge in [0.2, 0.25) is 0 Å². The van der Waals surface area contributed by atoms with E-state index in [4.69, 9.17) is 21.1 Å². The Morgan fingerprint density at radius 1 is 1.64 bits per heavy atom. The van der Waals surface area contributed by atoms with Gasteiger partial charge in [-0.2, -0.15) is 0 Å². The molecule has 0 saturated carbocycles. The van der Waals surface area contributed by atoms with Crippen LogP contribution in [0.1, 0.15) is 13.3 Å². The van der Waals surface area contributed by atoms with E-state index < -0.39 is 6.10 Å². The van der Waals surface area contributed by atoms with E-state index in [-0.39, 0.29) is 11.3 Å². The first-order valence-electron chi connectivity index (χ1n) is 4.81. The Labute approximate surface area is 88.9 Å². The molecule has 1 rings (SSSR count). The standard InChI is InChI=1S/C9H16ClNO3/c1-7(10)2-3-11-9(12)8-6-13-4-5-14-8/h7-8H,2-6H2,1H3,(H,11,12). The lowest BCUT2D eigenvalue weighted by Gasteiger charge is -2.22. The molecule has 2 unspecified atom stereocenters. The van der Waals surface area contributed by atoms with Crippen molar-refractivity contribution >= 4 is 17.5 Å². The van der Waals surface area contributed by atoms with Gasteiger partial charge in [0, 0.05) is 11.9 Å². The minimum absolute atomic E-state index is 0.0822. The molecule has 0 aromatic carbocycles. The fourth-order valence-corrected chi connectivity index (χ4v) is 1.26. The first-order chi connectivity index (χ1) is 6.70. The van der Waals surface area contributed by atoms with Crippen molar-refractivity contribution in [3.05, 3.63) is 0 Å². The third kappa shape index (κ3) is 4.26. The number of hydrogen-bond acceptors (Lipinski definition) is 3. The van der Waals surface area contributed by atoms with Gasteiger partial charge in [-0.05, 0) is 13.3 Å². The zero-order valence-electron chi connectivity index (χ0n) is 8.29. The molecular formula is C9H16ClNO3. The molecule has 0 aliphatic carbocycles. The summed E-state index contributed by atoms with van der Waals surface area (Å²) in [6.45, 7) is 3.89. The average Bonchev–Trinajstić information content (AvgIpc) is 2.18. The largest absolute Gasteiger partial charge is 0.376 e. The van der Waals surface area contributed by atoms with E-state index in [1.165, 1.54) is 0 Å². The average molecular weight is 222 g/mol. The first-order valence-corrected chi connectivity index (χ1v) is 5.25. The number of nitrogens with one attached hydrogen (secondary N) is 1. The van der Waals surface area contributed by atoms with Crippen LogP contribution < -0.4 is 5.32 Å². The van der Waals surface area contributed by atoms with E-state index in [1.54, 1.807) is 0 Å². The summed E-state index contributed by atoms with van der Waals surface area (Å²) in [5.74, 6) is -0.109. The van der Waals surface area contributed by atoms with Gasteiger partial charge in [-0.1, -0.05) is 0 Å². The summed E-state index contributed by atoms with van der Waals surface area (Å²) in [4.78, 5) is 11.4. The first kappa shape index (κ1) is 11.8. The highest BCUT2D eigenvalue weighted by Gasteiger charge is 2.21. The van der Waals surface area contributed by atoms with E-state index in [0.29, 0.717) is 26.4 Å². The summed E-state index contributed by atoms with van der Waals surface area (Å²) >= 11 is 5.74. The number of halogens is 1. The highest BCUT2D eigenvalue weighted by molar-refractivity contribution is 6.20. The van der Waals surface area contributed by atoms with Crippen LogP contribution in [0.4, 0.5) is 0 Å². The number of carbonyl (C=O) groups is 1. The normalized spacial score (nSPS) is 24.3. The lowest BCUT2D eigenvalue weighted by Crippen LogP contribution is -2.43. The third-order valence-electron chi connectivity index (χ3n) is 1.95. The molecule has 0 bridgehead atoms. The summed E-state index contributed by atoms with van der Waals surface area (Å²) in [6, 6.07) is 0. The Kier molecular flexibility index (Phi) is 5.22. The van der Waals surface area contributed by atoms with Crippen LogP contribution in [0.5, 0.6) is 0 Å². The van der Waals surface area contributed by atoms with Crippen molar-refractivity contribution in [3.63, 3.8) is 0 Å². The Morgan fingerprint density at radius 3 is 3.00 bits per heavy atom. The smallest absolute Gasteiger partial charge is 0.251 e. The zero-order valence-corrected chi connectivity index (χ0v) is 9.05. The minimum Gasteiger partial charge on any atom is -0.376 e. The third-order valence-corrected chi connectivity index (χ3v) is 2.17. The summed E-state index contributed by atoms with van der Waals surface area (Å²) in [5, 5.41) is 2.84. The van der Waals surface area contributed by atoms with Crippen LogP contribution in [0.3, 0.4) is 0 Å². The van der Waals surface area contributed by atoms with Gasteiger partial charge in [0.05, 0.1) is 19.8 Å². The van der Waals surface area contributed by atoms with E-state index in [2.05, 4.69) is 5.32 Å². The maximum atomic E-state index is 11.4. The maximum absolute atomic E-state index is 11.4. The van der Waals surface area contributed by atoms with Crippen LogP contribution in [0.2, 0.25) is 0 Å². The molecule has 14 heavy (non-hydrogen) atoms. The van der Waals surface area contributed by atoms with Crippen LogP contribution in [-0.2, 0) is 14.3 Å². The Balaban J connectivity index is 2.13. The lowest BCUT2D eigenvalue weighted by atomic mass is 10.3. The molecule has 1 aliphatic rings. The van der Waals surface area contributed by atoms with Gasteiger partial charge in [0.1, 0.15) is 0 Å². The van der Waals surface area contributed by atoms with Gasteiger partial charge in [-0.3, -0.25) is 4.79 Å². The molecule has 0 aromatic rings. The predicted molar refractivity (Wildman–Crippen MR) is 53.5 cm³/mol. The second kappa shape index (κ2) is 6.22. The van der Waals surface area contributed by atoms with Crippen LogP contribution in [-0.4, -0.2) is 43.8 Å². The fraction of sp³-hybridized carbons (Fsp3) is 0.889. The molecule has 4 nitrogen and oxygen atoms in total. The second-order valence-electron chi connectivity index (χ2n) is 3.29. The lowest BCUT2D eigenvalue weighted by molar-refractivity contribution is -0.147. The zero-order chi connectivity index (χ0) is 10.4. The highest BCUT2D eigenvalue weighted by atomic mass is 35.5. The number of alkyl halides is 1. The van der Waals surface area contributed by atoms with Crippen molar-refractivity contribution in [1.29, 1.82) is 0 Å². The fourth-order valence-electron chi connectivity index (χ4n) is 1.15. The Hall–Kier alpha value is -0.320. The molecule has 2 atom stereocenters. The van der Waals surface area contributed by atoms with Gasteiger partial charge >= 0.3 is 0 Å². The number of ether oxygens (including phenoxy) is 2. The van der Waals surface area contributed by atoms with E-state index >= 15 is 0 Å². The molecule has 0 spiro atoms. The molecule has 1 fully saturated rings. The van der Waals surface area contributed by atoms with Crippen LogP contribution >= 0.6 is 11.6 Å². The van der Waals surface area contributed by atoms with Crippen LogP contribution in [0.25, 0.3) is 0 Å². The molecule has 0 radical (unpaired) electrons. The van der Waals surface area contributed by atoms with E-state index in [9.17, 15) is 4.79 Å². The molecule has 1 amide bonds.